The Morgan fingerprint density at radius 2 is 1.87 bits per heavy atom. The smallest absolute Gasteiger partial charge is 0.317 e. The first-order valence-corrected chi connectivity index (χ1v) is 8.31. The van der Waals surface area contributed by atoms with Gasteiger partial charge in [-0.2, -0.15) is 0 Å². The number of hydrogen-bond acceptors (Lipinski definition) is 3. The second kappa shape index (κ2) is 9.37. The van der Waals surface area contributed by atoms with E-state index in [1.54, 1.807) is 11.8 Å². The molecule has 3 N–H and O–H groups in total. The summed E-state index contributed by atoms with van der Waals surface area (Å²) in [5.41, 5.74) is 0. The van der Waals surface area contributed by atoms with E-state index in [9.17, 15) is 14.4 Å². The third-order valence-electron chi connectivity index (χ3n) is 3.89. The molecule has 1 fully saturated rings. The van der Waals surface area contributed by atoms with Crippen LogP contribution < -0.4 is 10.6 Å². The fraction of sp³-hybridized carbons (Fsp3) is 0.812. The van der Waals surface area contributed by atoms with Crippen LogP contribution in [0.5, 0.6) is 0 Å². The summed E-state index contributed by atoms with van der Waals surface area (Å²) in [4.78, 5) is 36.6. The van der Waals surface area contributed by atoms with Gasteiger partial charge in [-0.25, -0.2) is 4.79 Å². The number of nitrogens with one attached hydrogen (secondary N) is 2. The molecule has 132 valence electrons. The molecule has 0 spiro atoms. The molecule has 2 atom stereocenters. The van der Waals surface area contributed by atoms with Gasteiger partial charge in [-0.1, -0.05) is 20.8 Å². The molecule has 0 aromatic heterocycles. The van der Waals surface area contributed by atoms with Crippen LogP contribution in [0.2, 0.25) is 0 Å². The van der Waals surface area contributed by atoms with Gasteiger partial charge in [-0.15, -0.1) is 0 Å². The molecule has 1 aliphatic rings. The molecule has 7 heteroatoms. The average Bonchev–Trinajstić information content (AvgIpc) is 2.49. The van der Waals surface area contributed by atoms with Crippen molar-refractivity contribution in [2.24, 2.45) is 17.8 Å². The fourth-order valence-electron chi connectivity index (χ4n) is 2.57. The Morgan fingerprint density at radius 1 is 1.17 bits per heavy atom. The van der Waals surface area contributed by atoms with E-state index in [-0.39, 0.29) is 30.2 Å². The normalized spacial score (nSPS) is 19.3. The third-order valence-corrected chi connectivity index (χ3v) is 3.89. The number of carbonyl (C=O) groups is 3. The molecule has 0 radical (unpaired) electrons. The van der Waals surface area contributed by atoms with Crippen LogP contribution >= 0.6 is 0 Å². The molecule has 0 bridgehead atoms. The van der Waals surface area contributed by atoms with Crippen molar-refractivity contribution >= 4 is 17.9 Å². The predicted molar refractivity (Wildman–Crippen MR) is 87.0 cm³/mol. The molecule has 0 saturated carbocycles. The molecule has 1 rings (SSSR count). The lowest BCUT2D eigenvalue weighted by Gasteiger charge is -2.32. The van der Waals surface area contributed by atoms with Crippen molar-refractivity contribution in [3.63, 3.8) is 0 Å². The van der Waals surface area contributed by atoms with Crippen LogP contribution in [0, 0.1) is 17.8 Å². The van der Waals surface area contributed by atoms with Gasteiger partial charge < -0.3 is 20.6 Å². The Kier molecular flexibility index (Phi) is 7.85. The maximum atomic E-state index is 12.2. The molecule has 1 heterocycles. The number of nitrogens with zero attached hydrogens (tertiary/aromatic N) is 1. The van der Waals surface area contributed by atoms with Crippen molar-refractivity contribution in [3.05, 3.63) is 0 Å². The van der Waals surface area contributed by atoms with Gasteiger partial charge >= 0.3 is 12.0 Å². The van der Waals surface area contributed by atoms with Gasteiger partial charge in [-0.3, -0.25) is 9.59 Å². The molecule has 7 nitrogen and oxygen atoms in total. The van der Waals surface area contributed by atoms with E-state index in [2.05, 4.69) is 10.6 Å². The maximum Gasteiger partial charge on any atom is 0.317 e. The number of carboxylic acid groups (broad SMARTS) is 1. The van der Waals surface area contributed by atoms with Gasteiger partial charge in [0.15, 0.2) is 0 Å². The Balaban J connectivity index is 2.40. The van der Waals surface area contributed by atoms with Gasteiger partial charge in [-0.05, 0) is 24.7 Å². The molecule has 2 unspecified atom stereocenters. The Hall–Kier alpha value is -1.79. The highest BCUT2D eigenvalue weighted by Gasteiger charge is 2.28. The predicted octanol–water partition coefficient (Wildman–Crippen LogP) is 1.29. The highest BCUT2D eigenvalue weighted by atomic mass is 16.4. The van der Waals surface area contributed by atoms with Crippen molar-refractivity contribution in [1.82, 2.24) is 15.5 Å². The lowest BCUT2D eigenvalue weighted by molar-refractivity contribution is -0.138. The molecule has 0 aliphatic carbocycles. The van der Waals surface area contributed by atoms with Gasteiger partial charge in [0.2, 0.25) is 5.91 Å². The highest BCUT2D eigenvalue weighted by molar-refractivity contribution is 5.81. The minimum absolute atomic E-state index is 0.0364. The zero-order chi connectivity index (χ0) is 17.4. The topological polar surface area (TPSA) is 98.7 Å². The number of amides is 3. The van der Waals surface area contributed by atoms with Gasteiger partial charge in [0.05, 0.1) is 5.92 Å². The van der Waals surface area contributed by atoms with Crippen molar-refractivity contribution in [3.8, 4) is 0 Å². The first-order chi connectivity index (χ1) is 10.8. The zero-order valence-electron chi connectivity index (χ0n) is 14.3. The first-order valence-electron chi connectivity index (χ1n) is 8.31. The third kappa shape index (κ3) is 7.34. The number of carboxylic acids is 1. The minimum Gasteiger partial charge on any atom is -0.481 e. The summed E-state index contributed by atoms with van der Waals surface area (Å²) >= 11 is 0. The summed E-state index contributed by atoms with van der Waals surface area (Å²) < 4.78 is 0. The number of urea groups is 1. The second-order valence-electron chi connectivity index (χ2n) is 6.81. The van der Waals surface area contributed by atoms with E-state index in [4.69, 9.17) is 5.11 Å². The fourth-order valence-corrected chi connectivity index (χ4v) is 2.57. The number of likely N-dealkylation sites (tertiary alicyclic amines) is 1. The maximum absolute atomic E-state index is 12.2. The Bertz CT molecular complexity index is 426. The quantitative estimate of drug-likeness (QED) is 0.656. The van der Waals surface area contributed by atoms with Crippen LogP contribution in [0.1, 0.15) is 40.0 Å². The Labute approximate surface area is 137 Å². The van der Waals surface area contributed by atoms with Crippen LogP contribution in [-0.2, 0) is 9.59 Å². The molecule has 3 amide bonds. The Morgan fingerprint density at radius 3 is 2.48 bits per heavy atom. The standard InChI is InChI=1S/C16H29N3O4/c1-11(2)8-18-16(23)19-6-4-5-13(10-19)15(22)17-9-12(3)7-14(20)21/h11-13H,4-10H2,1-3H3,(H,17,22)(H,18,23)(H,20,21). The summed E-state index contributed by atoms with van der Waals surface area (Å²) in [5.74, 6) is -0.893. The van der Waals surface area contributed by atoms with Crippen molar-refractivity contribution < 1.29 is 19.5 Å². The van der Waals surface area contributed by atoms with Crippen LogP contribution in [-0.4, -0.2) is 54.1 Å². The van der Waals surface area contributed by atoms with Gasteiger partial charge in [0.1, 0.15) is 0 Å². The van der Waals surface area contributed by atoms with E-state index in [1.807, 2.05) is 13.8 Å². The van der Waals surface area contributed by atoms with Crippen molar-refractivity contribution in [2.45, 2.75) is 40.0 Å². The van der Waals surface area contributed by atoms with E-state index in [0.717, 1.165) is 12.8 Å². The van der Waals surface area contributed by atoms with Crippen LogP contribution in [0.3, 0.4) is 0 Å². The lowest BCUT2D eigenvalue weighted by atomic mass is 9.97. The summed E-state index contributed by atoms with van der Waals surface area (Å²) in [6.07, 6.45) is 1.60. The zero-order valence-corrected chi connectivity index (χ0v) is 14.3. The van der Waals surface area contributed by atoms with E-state index in [0.29, 0.717) is 32.1 Å². The number of aliphatic carboxylic acids is 1. The summed E-state index contributed by atoms with van der Waals surface area (Å²) in [7, 11) is 0. The summed E-state index contributed by atoms with van der Waals surface area (Å²) in [6, 6.07) is -0.115. The van der Waals surface area contributed by atoms with Crippen LogP contribution in [0.15, 0.2) is 0 Å². The van der Waals surface area contributed by atoms with E-state index < -0.39 is 5.97 Å². The minimum atomic E-state index is -0.864. The molecule has 0 aromatic carbocycles. The SMILES string of the molecule is CC(C)CNC(=O)N1CCCC(C(=O)NCC(C)CC(=O)O)C1. The number of hydrogen-bond donors (Lipinski definition) is 3. The van der Waals surface area contributed by atoms with Crippen LogP contribution in [0.25, 0.3) is 0 Å². The molecule has 1 aliphatic heterocycles. The molecule has 0 aromatic rings. The molecular weight excluding hydrogens is 298 g/mol. The van der Waals surface area contributed by atoms with Gasteiger partial charge in [0.25, 0.3) is 0 Å². The summed E-state index contributed by atoms with van der Waals surface area (Å²) in [5, 5.41) is 14.4. The van der Waals surface area contributed by atoms with Crippen molar-refractivity contribution in [1.29, 1.82) is 0 Å². The van der Waals surface area contributed by atoms with Gasteiger partial charge in [0, 0.05) is 32.6 Å². The highest BCUT2D eigenvalue weighted by Crippen LogP contribution is 2.17. The monoisotopic (exact) mass is 327 g/mol. The summed E-state index contributed by atoms with van der Waals surface area (Å²) in [6.45, 7) is 7.92. The molecular formula is C16H29N3O4. The largest absolute Gasteiger partial charge is 0.481 e. The van der Waals surface area contributed by atoms with Crippen LogP contribution in [0.4, 0.5) is 4.79 Å². The average molecular weight is 327 g/mol. The number of carbonyl (C=O) groups excluding carboxylic acids is 2. The first kappa shape index (κ1) is 19.3. The van der Waals surface area contributed by atoms with E-state index >= 15 is 0 Å². The number of piperidine rings is 1. The molecule has 23 heavy (non-hydrogen) atoms. The number of rotatable bonds is 7. The molecule has 1 saturated heterocycles. The second-order valence-corrected chi connectivity index (χ2v) is 6.81. The van der Waals surface area contributed by atoms with Crippen molar-refractivity contribution in [2.75, 3.05) is 26.2 Å². The van der Waals surface area contributed by atoms with E-state index in [1.165, 1.54) is 0 Å². The lowest BCUT2D eigenvalue weighted by Crippen LogP contribution is -2.49.